The normalized spacial score (nSPS) is 15.8. The molecule has 1 fully saturated rings. The van der Waals surface area contributed by atoms with Gasteiger partial charge in [-0.05, 0) is 50.8 Å². The third-order valence-electron chi connectivity index (χ3n) is 4.57. The van der Waals surface area contributed by atoms with Crippen LogP contribution in [-0.2, 0) is 26.0 Å². The van der Waals surface area contributed by atoms with Crippen LogP contribution in [0.3, 0.4) is 0 Å². The zero-order valence-corrected chi connectivity index (χ0v) is 16.0. The molecule has 7 nitrogen and oxygen atoms in total. The Bertz CT molecular complexity index is 750. The van der Waals surface area contributed by atoms with E-state index in [4.69, 9.17) is 5.11 Å². The molecule has 144 valence electrons. The van der Waals surface area contributed by atoms with E-state index in [-0.39, 0.29) is 23.8 Å². The third kappa shape index (κ3) is 5.04. The topological polar surface area (TPSA) is 104 Å². The maximum Gasteiger partial charge on any atom is 0.310 e. The van der Waals surface area contributed by atoms with Crippen molar-refractivity contribution >= 4 is 21.9 Å². The number of amides is 1. The molecule has 0 aliphatic carbocycles. The van der Waals surface area contributed by atoms with Crippen LogP contribution in [0.2, 0.25) is 0 Å². The number of hydrogen-bond donors (Lipinski definition) is 2. The van der Waals surface area contributed by atoms with Crippen LogP contribution in [0.15, 0.2) is 29.2 Å². The number of rotatable bonds is 8. The third-order valence-corrected chi connectivity index (χ3v) is 6.49. The second-order valence-corrected chi connectivity index (χ2v) is 9.16. The summed E-state index contributed by atoms with van der Waals surface area (Å²) < 4.78 is 26.4. The molecule has 0 bridgehead atoms. The fourth-order valence-electron chi connectivity index (χ4n) is 2.65. The maximum atomic E-state index is 12.5. The Balaban J connectivity index is 1.87. The largest absolute Gasteiger partial charge is 0.481 e. The number of nitrogens with zero attached hydrogens (tertiary/aromatic N) is 1. The number of hydrogen-bond acceptors (Lipinski definition) is 4. The number of nitrogens with one attached hydrogen (secondary N) is 1. The summed E-state index contributed by atoms with van der Waals surface area (Å²) >= 11 is 0. The Morgan fingerprint density at radius 2 is 1.73 bits per heavy atom. The number of carbonyl (C=O) groups excluding carboxylic acids is 1. The zero-order chi connectivity index (χ0) is 19.4. The van der Waals surface area contributed by atoms with E-state index in [1.165, 1.54) is 4.31 Å². The van der Waals surface area contributed by atoms with Crippen LogP contribution < -0.4 is 5.32 Å². The summed E-state index contributed by atoms with van der Waals surface area (Å²) in [5.41, 5.74) is -0.153. The smallest absolute Gasteiger partial charge is 0.310 e. The van der Waals surface area contributed by atoms with Gasteiger partial charge < -0.3 is 10.4 Å². The first-order valence-electron chi connectivity index (χ1n) is 8.72. The van der Waals surface area contributed by atoms with Crippen molar-refractivity contribution in [3.63, 3.8) is 0 Å². The number of sulfonamides is 1. The van der Waals surface area contributed by atoms with E-state index >= 15 is 0 Å². The van der Waals surface area contributed by atoms with E-state index in [2.05, 4.69) is 5.32 Å². The highest BCUT2D eigenvalue weighted by molar-refractivity contribution is 7.89. The van der Waals surface area contributed by atoms with E-state index in [1.54, 1.807) is 38.1 Å². The minimum absolute atomic E-state index is 0.0637. The van der Waals surface area contributed by atoms with Gasteiger partial charge in [-0.25, -0.2) is 8.42 Å². The highest BCUT2D eigenvalue weighted by Crippen LogP contribution is 2.21. The molecule has 1 saturated heterocycles. The van der Waals surface area contributed by atoms with Gasteiger partial charge in [0.25, 0.3) is 0 Å². The highest BCUT2D eigenvalue weighted by Gasteiger charge is 2.28. The van der Waals surface area contributed by atoms with Crippen LogP contribution in [0, 0.1) is 5.41 Å². The van der Waals surface area contributed by atoms with Gasteiger partial charge in [-0.2, -0.15) is 4.31 Å². The fraction of sp³-hybridized carbons (Fsp3) is 0.556. The molecule has 0 spiro atoms. The first-order valence-corrected chi connectivity index (χ1v) is 10.2. The Morgan fingerprint density at radius 1 is 1.15 bits per heavy atom. The average molecular weight is 382 g/mol. The number of aryl methyl sites for hydroxylation is 1. The summed E-state index contributed by atoms with van der Waals surface area (Å²) in [4.78, 5) is 23.2. The van der Waals surface area contributed by atoms with Gasteiger partial charge in [0.05, 0.1) is 10.3 Å². The molecule has 1 aliphatic rings. The molecule has 8 heteroatoms. The molecule has 2 rings (SSSR count). The Kier molecular flexibility index (Phi) is 6.41. The molecule has 0 atom stereocenters. The van der Waals surface area contributed by atoms with E-state index in [1.807, 2.05) is 0 Å². The van der Waals surface area contributed by atoms with Gasteiger partial charge in [-0.1, -0.05) is 12.1 Å². The lowest BCUT2D eigenvalue weighted by atomic mass is 9.94. The molecule has 1 heterocycles. The van der Waals surface area contributed by atoms with Crippen LogP contribution in [0.25, 0.3) is 0 Å². The van der Waals surface area contributed by atoms with E-state index in [9.17, 15) is 18.0 Å². The quantitative estimate of drug-likeness (QED) is 0.711. The lowest BCUT2D eigenvalue weighted by Crippen LogP contribution is -2.38. The molecule has 0 unspecified atom stereocenters. The zero-order valence-electron chi connectivity index (χ0n) is 15.2. The molecule has 1 amide bonds. The summed E-state index contributed by atoms with van der Waals surface area (Å²) in [6.45, 7) is 4.30. The first kappa shape index (κ1) is 20.4. The van der Waals surface area contributed by atoms with Crippen LogP contribution in [0.5, 0.6) is 0 Å². The summed E-state index contributed by atoms with van der Waals surface area (Å²) in [7, 11) is -3.42. The number of carbonyl (C=O) groups is 2. The van der Waals surface area contributed by atoms with Gasteiger partial charge in [-0.3, -0.25) is 9.59 Å². The van der Waals surface area contributed by atoms with Crippen LogP contribution in [0.4, 0.5) is 0 Å². The summed E-state index contributed by atoms with van der Waals surface area (Å²) in [6, 6.07) is 6.59. The van der Waals surface area contributed by atoms with Gasteiger partial charge in [0.15, 0.2) is 0 Å². The second kappa shape index (κ2) is 8.18. The van der Waals surface area contributed by atoms with Crippen molar-refractivity contribution in [1.29, 1.82) is 0 Å². The monoisotopic (exact) mass is 382 g/mol. The average Bonchev–Trinajstić information content (AvgIpc) is 3.14. The molecule has 0 radical (unpaired) electrons. The number of carboxylic acids is 1. The van der Waals surface area contributed by atoms with Gasteiger partial charge in [0.2, 0.25) is 15.9 Å². The molecule has 2 N–H and O–H groups in total. The van der Waals surface area contributed by atoms with Crippen LogP contribution >= 0.6 is 0 Å². The second-order valence-electron chi connectivity index (χ2n) is 7.22. The van der Waals surface area contributed by atoms with E-state index in [0.29, 0.717) is 19.5 Å². The minimum Gasteiger partial charge on any atom is -0.481 e. The predicted molar refractivity (Wildman–Crippen MR) is 97.2 cm³/mol. The SMILES string of the molecule is CC(C)(CNC(=O)CCc1ccc(S(=O)(=O)N2CCCC2)cc1)C(=O)O. The van der Waals surface area contributed by atoms with Crippen molar-refractivity contribution in [2.45, 2.75) is 44.4 Å². The summed E-state index contributed by atoms with van der Waals surface area (Å²) in [5.74, 6) is -1.19. The van der Waals surface area contributed by atoms with Crippen molar-refractivity contribution in [3.05, 3.63) is 29.8 Å². The van der Waals surface area contributed by atoms with Crippen molar-refractivity contribution in [2.24, 2.45) is 5.41 Å². The van der Waals surface area contributed by atoms with Crippen molar-refractivity contribution in [2.75, 3.05) is 19.6 Å². The molecule has 0 saturated carbocycles. The van der Waals surface area contributed by atoms with Gasteiger partial charge >= 0.3 is 5.97 Å². The Hall–Kier alpha value is -1.93. The Labute approximate surface area is 154 Å². The van der Waals surface area contributed by atoms with Crippen molar-refractivity contribution in [3.8, 4) is 0 Å². The molecule has 1 aromatic carbocycles. The fourth-order valence-corrected chi connectivity index (χ4v) is 4.16. The molecular weight excluding hydrogens is 356 g/mol. The van der Waals surface area contributed by atoms with E-state index in [0.717, 1.165) is 18.4 Å². The first-order chi connectivity index (χ1) is 12.1. The molecule has 0 aromatic heterocycles. The lowest BCUT2D eigenvalue weighted by molar-refractivity contribution is -0.146. The maximum absolute atomic E-state index is 12.5. The number of benzene rings is 1. The molecular formula is C18H26N2O5S. The summed E-state index contributed by atoms with van der Waals surface area (Å²) in [5, 5.41) is 11.7. The molecule has 1 aliphatic heterocycles. The van der Waals surface area contributed by atoms with Crippen molar-refractivity contribution in [1.82, 2.24) is 9.62 Å². The van der Waals surface area contributed by atoms with Crippen molar-refractivity contribution < 1.29 is 23.1 Å². The van der Waals surface area contributed by atoms with E-state index < -0.39 is 21.4 Å². The molecule has 1 aromatic rings. The summed E-state index contributed by atoms with van der Waals surface area (Å²) in [6.07, 6.45) is 2.47. The number of carboxylic acid groups (broad SMARTS) is 1. The van der Waals surface area contributed by atoms with Gasteiger partial charge in [0.1, 0.15) is 0 Å². The lowest BCUT2D eigenvalue weighted by Gasteiger charge is -2.19. The molecule has 26 heavy (non-hydrogen) atoms. The Morgan fingerprint density at radius 3 is 2.27 bits per heavy atom. The highest BCUT2D eigenvalue weighted by atomic mass is 32.2. The minimum atomic E-state index is -3.42. The van der Waals surface area contributed by atoms with Gasteiger partial charge in [0, 0.05) is 26.1 Å². The van der Waals surface area contributed by atoms with Crippen LogP contribution in [0.1, 0.15) is 38.7 Å². The standard InChI is InChI=1S/C18H26N2O5S/c1-18(2,17(22)23)13-19-16(21)10-7-14-5-8-15(9-6-14)26(24,25)20-11-3-4-12-20/h5-6,8-9H,3-4,7,10-13H2,1-2H3,(H,19,21)(H,22,23). The van der Waals surface area contributed by atoms with Crippen LogP contribution in [-0.4, -0.2) is 49.3 Å². The number of aliphatic carboxylic acids is 1. The predicted octanol–water partition coefficient (Wildman–Crippen LogP) is 1.63. The van der Waals surface area contributed by atoms with Gasteiger partial charge in [-0.15, -0.1) is 0 Å².